The molecule has 1 N–H and O–H groups in total. The summed E-state index contributed by atoms with van der Waals surface area (Å²) in [5, 5.41) is 1.75. The maximum atomic E-state index is 11.7. The van der Waals surface area contributed by atoms with Crippen molar-refractivity contribution < 1.29 is 13.2 Å². The van der Waals surface area contributed by atoms with Gasteiger partial charge in [-0.2, -0.15) is 0 Å². The highest BCUT2D eigenvalue weighted by atomic mass is 32.2. The highest BCUT2D eigenvalue weighted by Crippen LogP contribution is 2.17. The van der Waals surface area contributed by atoms with E-state index in [-0.39, 0.29) is 6.04 Å². The Morgan fingerprint density at radius 3 is 3.00 bits per heavy atom. The molecule has 0 amide bonds. The fourth-order valence-electron chi connectivity index (χ4n) is 1.32. The molecule has 1 atom stereocenters. The number of ether oxygens (including phenoxy) is 1. The monoisotopic (exact) mass is 233 g/mol. The van der Waals surface area contributed by atoms with Crippen LogP contribution < -0.4 is 4.72 Å². The highest BCUT2D eigenvalue weighted by Gasteiger charge is 2.23. The van der Waals surface area contributed by atoms with Crippen molar-refractivity contribution in [1.82, 2.24) is 4.72 Å². The third-order valence-corrected chi connectivity index (χ3v) is 4.93. The summed E-state index contributed by atoms with van der Waals surface area (Å²) in [4.78, 5) is 0. The minimum Gasteiger partial charge on any atom is -0.380 e. The third-order valence-electron chi connectivity index (χ3n) is 2.01. The van der Waals surface area contributed by atoms with Gasteiger partial charge < -0.3 is 4.74 Å². The van der Waals surface area contributed by atoms with Crippen molar-refractivity contribution in [1.29, 1.82) is 0 Å². The van der Waals surface area contributed by atoms with Crippen LogP contribution in [0.15, 0.2) is 21.7 Å². The lowest BCUT2D eigenvalue weighted by Crippen LogP contribution is -2.34. The minimum atomic E-state index is -3.31. The molecule has 0 saturated carbocycles. The van der Waals surface area contributed by atoms with Crippen molar-refractivity contribution in [2.45, 2.75) is 16.7 Å². The van der Waals surface area contributed by atoms with Crippen LogP contribution in [0.3, 0.4) is 0 Å². The van der Waals surface area contributed by atoms with Crippen LogP contribution >= 0.6 is 11.3 Å². The number of hydrogen-bond acceptors (Lipinski definition) is 4. The van der Waals surface area contributed by atoms with Gasteiger partial charge in [-0.3, -0.25) is 0 Å². The normalized spacial score (nSPS) is 22.7. The zero-order chi connectivity index (χ0) is 10.0. The number of hydrogen-bond donors (Lipinski definition) is 1. The van der Waals surface area contributed by atoms with Crippen molar-refractivity contribution in [3.63, 3.8) is 0 Å². The molecule has 0 aliphatic carbocycles. The van der Waals surface area contributed by atoms with E-state index in [9.17, 15) is 8.42 Å². The third kappa shape index (κ3) is 2.14. The lowest BCUT2D eigenvalue weighted by molar-refractivity contribution is 0.192. The molecule has 0 spiro atoms. The maximum absolute atomic E-state index is 11.7. The van der Waals surface area contributed by atoms with Crippen LogP contribution in [0.25, 0.3) is 0 Å². The molecule has 0 bridgehead atoms. The van der Waals surface area contributed by atoms with E-state index >= 15 is 0 Å². The largest absolute Gasteiger partial charge is 0.380 e. The van der Waals surface area contributed by atoms with Gasteiger partial charge in [0.2, 0.25) is 10.0 Å². The van der Waals surface area contributed by atoms with Crippen LogP contribution in [0, 0.1) is 0 Å². The Balaban J connectivity index is 2.09. The first-order valence-corrected chi connectivity index (χ1v) is 6.68. The highest BCUT2D eigenvalue weighted by molar-refractivity contribution is 7.91. The summed E-state index contributed by atoms with van der Waals surface area (Å²) in [6.45, 7) is 1.11. The molecule has 1 aromatic rings. The van der Waals surface area contributed by atoms with Crippen molar-refractivity contribution >= 4 is 21.4 Å². The van der Waals surface area contributed by atoms with E-state index in [0.717, 1.165) is 6.42 Å². The first-order chi connectivity index (χ1) is 6.68. The molecule has 1 unspecified atom stereocenters. The smallest absolute Gasteiger partial charge is 0.250 e. The molecular weight excluding hydrogens is 222 g/mol. The van der Waals surface area contributed by atoms with Crippen molar-refractivity contribution in [2.75, 3.05) is 13.2 Å². The van der Waals surface area contributed by atoms with Gasteiger partial charge in [0.15, 0.2) is 0 Å². The molecular formula is C8H11NO3S2. The molecule has 14 heavy (non-hydrogen) atoms. The molecule has 0 radical (unpaired) electrons. The van der Waals surface area contributed by atoms with E-state index in [1.54, 1.807) is 17.5 Å². The molecule has 1 aromatic heterocycles. The summed E-state index contributed by atoms with van der Waals surface area (Å²) < 4.78 is 31.5. The van der Waals surface area contributed by atoms with Crippen molar-refractivity contribution in [3.05, 3.63) is 17.5 Å². The zero-order valence-corrected chi connectivity index (χ0v) is 9.10. The lowest BCUT2D eigenvalue weighted by atomic mass is 10.3. The van der Waals surface area contributed by atoms with Crippen molar-refractivity contribution in [3.8, 4) is 0 Å². The average Bonchev–Trinajstić information content (AvgIpc) is 2.71. The van der Waals surface area contributed by atoms with Gasteiger partial charge in [-0.15, -0.1) is 11.3 Å². The SMILES string of the molecule is O=S(=O)(NC1CCOC1)c1cccs1. The molecule has 0 aromatic carbocycles. The Morgan fingerprint density at radius 1 is 1.57 bits per heavy atom. The molecule has 2 rings (SSSR count). The molecule has 2 heterocycles. The number of nitrogens with one attached hydrogen (secondary N) is 1. The predicted molar refractivity (Wildman–Crippen MR) is 53.9 cm³/mol. The fraction of sp³-hybridized carbons (Fsp3) is 0.500. The van der Waals surface area contributed by atoms with Crippen molar-refractivity contribution in [2.24, 2.45) is 0 Å². The Bertz CT molecular complexity index is 379. The lowest BCUT2D eigenvalue weighted by Gasteiger charge is -2.09. The van der Waals surface area contributed by atoms with Crippen LogP contribution in [-0.4, -0.2) is 27.7 Å². The number of rotatable bonds is 3. The van der Waals surface area contributed by atoms with Crippen LogP contribution in [-0.2, 0) is 14.8 Å². The van der Waals surface area contributed by atoms with E-state index in [1.165, 1.54) is 11.3 Å². The summed E-state index contributed by atoms with van der Waals surface area (Å²) >= 11 is 1.22. The number of thiophene rings is 1. The first kappa shape index (κ1) is 10.1. The predicted octanol–water partition coefficient (Wildman–Crippen LogP) is 0.815. The van der Waals surface area contributed by atoms with Gasteiger partial charge in [-0.05, 0) is 17.9 Å². The second-order valence-electron chi connectivity index (χ2n) is 3.11. The Morgan fingerprint density at radius 2 is 2.43 bits per heavy atom. The average molecular weight is 233 g/mol. The minimum absolute atomic E-state index is 0.0675. The Labute approximate surface area is 86.9 Å². The molecule has 1 aliphatic rings. The Hall–Kier alpha value is -0.430. The van der Waals surface area contributed by atoms with E-state index in [0.29, 0.717) is 17.4 Å². The topological polar surface area (TPSA) is 55.4 Å². The molecule has 1 fully saturated rings. The number of sulfonamides is 1. The molecule has 78 valence electrons. The van der Waals surface area contributed by atoms with E-state index in [4.69, 9.17) is 4.74 Å². The second kappa shape index (κ2) is 3.98. The van der Waals surface area contributed by atoms with Crippen LogP contribution in [0.2, 0.25) is 0 Å². The summed E-state index contributed by atoms with van der Waals surface area (Å²) in [5.74, 6) is 0. The van der Waals surface area contributed by atoms with Gasteiger partial charge >= 0.3 is 0 Å². The molecule has 6 heteroatoms. The summed E-state index contributed by atoms with van der Waals surface area (Å²) in [6.07, 6.45) is 0.755. The molecule has 4 nitrogen and oxygen atoms in total. The van der Waals surface area contributed by atoms with Crippen LogP contribution in [0.1, 0.15) is 6.42 Å². The standard InChI is InChI=1S/C8H11NO3S2/c10-14(11,8-2-1-5-13-8)9-7-3-4-12-6-7/h1-2,5,7,9H,3-4,6H2. The fourth-order valence-corrected chi connectivity index (χ4v) is 3.59. The molecule has 1 aliphatic heterocycles. The molecule has 1 saturated heterocycles. The summed E-state index contributed by atoms with van der Waals surface area (Å²) in [6, 6.07) is 3.26. The van der Waals surface area contributed by atoms with E-state index in [1.807, 2.05) is 0 Å². The first-order valence-electron chi connectivity index (χ1n) is 4.32. The van der Waals surface area contributed by atoms with E-state index in [2.05, 4.69) is 4.72 Å². The van der Waals surface area contributed by atoms with Gasteiger partial charge in [0.1, 0.15) is 4.21 Å². The quantitative estimate of drug-likeness (QED) is 0.840. The Kier molecular flexibility index (Phi) is 2.87. The van der Waals surface area contributed by atoms with Gasteiger partial charge in [-0.1, -0.05) is 6.07 Å². The summed E-state index contributed by atoms with van der Waals surface area (Å²) in [5.41, 5.74) is 0. The zero-order valence-electron chi connectivity index (χ0n) is 7.47. The second-order valence-corrected chi connectivity index (χ2v) is 6.00. The van der Waals surface area contributed by atoms with Gasteiger partial charge in [0, 0.05) is 12.6 Å². The van der Waals surface area contributed by atoms with Crippen LogP contribution in [0.5, 0.6) is 0 Å². The van der Waals surface area contributed by atoms with Gasteiger partial charge in [0.25, 0.3) is 0 Å². The summed E-state index contributed by atoms with van der Waals surface area (Å²) in [7, 11) is -3.31. The van der Waals surface area contributed by atoms with Crippen LogP contribution in [0.4, 0.5) is 0 Å². The van der Waals surface area contributed by atoms with E-state index < -0.39 is 10.0 Å². The van der Waals surface area contributed by atoms with Gasteiger partial charge in [-0.25, -0.2) is 13.1 Å². The maximum Gasteiger partial charge on any atom is 0.250 e. The van der Waals surface area contributed by atoms with Gasteiger partial charge in [0.05, 0.1) is 6.61 Å².